The van der Waals surface area contributed by atoms with E-state index in [1.807, 2.05) is 31.2 Å². The monoisotopic (exact) mass is 331 g/mol. The number of aryl methyl sites for hydroxylation is 1. The Morgan fingerprint density at radius 2 is 1.77 bits per heavy atom. The average Bonchev–Trinajstić information content (AvgIpc) is 2.85. The van der Waals surface area contributed by atoms with Crippen LogP contribution in [-0.2, 0) is 9.53 Å². The highest BCUT2D eigenvalue weighted by Gasteiger charge is 2.24. The smallest absolute Gasteiger partial charge is 0.363 e. The third-order valence-electron chi connectivity index (χ3n) is 3.17. The summed E-state index contributed by atoms with van der Waals surface area (Å²) in [6, 6.07) is 12.7. The molecule has 0 aliphatic carbocycles. The Balaban J connectivity index is 1.93. The van der Waals surface area contributed by atoms with Crippen LogP contribution < -0.4 is 0 Å². The molecule has 110 valence electrons. The largest absolute Gasteiger partial charge is 0.402 e. The number of carbonyl (C=O) groups is 1. The van der Waals surface area contributed by atoms with Crippen LogP contribution in [0, 0.1) is 6.92 Å². The highest BCUT2D eigenvalue weighted by atomic mass is 35.5. The summed E-state index contributed by atoms with van der Waals surface area (Å²) in [5, 5.41) is 0.881. The molecule has 0 atom stereocenters. The fourth-order valence-electron chi connectivity index (χ4n) is 1.99. The molecule has 3 rings (SSSR count). The van der Waals surface area contributed by atoms with Crippen molar-refractivity contribution in [3.05, 3.63) is 74.9 Å². The second-order valence-electron chi connectivity index (χ2n) is 4.88. The number of rotatable bonds is 2. The van der Waals surface area contributed by atoms with Crippen LogP contribution in [0.25, 0.3) is 6.08 Å². The number of nitrogens with zero attached hydrogens (tertiary/aromatic N) is 1. The molecule has 0 spiro atoms. The summed E-state index contributed by atoms with van der Waals surface area (Å²) < 4.78 is 5.21. The van der Waals surface area contributed by atoms with E-state index in [0.717, 1.165) is 16.7 Å². The molecule has 1 heterocycles. The van der Waals surface area contributed by atoms with Crippen molar-refractivity contribution in [2.45, 2.75) is 6.92 Å². The molecule has 2 aromatic rings. The predicted molar refractivity (Wildman–Crippen MR) is 88.2 cm³/mol. The lowest BCUT2D eigenvalue weighted by Crippen LogP contribution is -2.05. The van der Waals surface area contributed by atoms with Gasteiger partial charge in [0, 0.05) is 5.56 Å². The number of aliphatic imine (C=N–C) groups is 1. The van der Waals surface area contributed by atoms with Gasteiger partial charge >= 0.3 is 5.97 Å². The first kappa shape index (κ1) is 14.8. The van der Waals surface area contributed by atoms with Crippen molar-refractivity contribution in [3.63, 3.8) is 0 Å². The topological polar surface area (TPSA) is 38.7 Å². The van der Waals surface area contributed by atoms with Gasteiger partial charge in [-0.25, -0.2) is 9.79 Å². The Labute approximate surface area is 137 Å². The standard InChI is InChI=1S/C17H11Cl2NO2/c1-10-2-5-12(6-3-10)16-20-15(17(21)22-16)9-11-4-7-13(18)14(19)8-11/h2-9H,1H3/b15-9-. The zero-order valence-electron chi connectivity index (χ0n) is 11.6. The number of carbonyl (C=O) groups excluding carboxylic acids is 1. The van der Waals surface area contributed by atoms with E-state index in [0.29, 0.717) is 15.9 Å². The molecule has 1 aliphatic rings. The van der Waals surface area contributed by atoms with E-state index in [-0.39, 0.29) is 5.70 Å². The van der Waals surface area contributed by atoms with Gasteiger partial charge in [0.25, 0.3) is 0 Å². The van der Waals surface area contributed by atoms with E-state index in [4.69, 9.17) is 27.9 Å². The molecule has 0 radical (unpaired) electrons. The molecule has 0 unspecified atom stereocenters. The molecule has 3 nitrogen and oxygen atoms in total. The molecule has 22 heavy (non-hydrogen) atoms. The second kappa shape index (κ2) is 5.95. The zero-order chi connectivity index (χ0) is 15.7. The van der Waals surface area contributed by atoms with Gasteiger partial charge in [-0.2, -0.15) is 0 Å². The molecule has 2 aromatic carbocycles. The van der Waals surface area contributed by atoms with Gasteiger partial charge in [-0.1, -0.05) is 47.0 Å². The number of hydrogen-bond donors (Lipinski definition) is 0. The van der Waals surface area contributed by atoms with Crippen molar-refractivity contribution in [1.29, 1.82) is 0 Å². The van der Waals surface area contributed by atoms with Gasteiger partial charge in [0.1, 0.15) is 0 Å². The van der Waals surface area contributed by atoms with Gasteiger partial charge in [0.2, 0.25) is 5.90 Å². The van der Waals surface area contributed by atoms with Crippen molar-refractivity contribution < 1.29 is 9.53 Å². The first-order valence-electron chi connectivity index (χ1n) is 6.57. The minimum Gasteiger partial charge on any atom is -0.402 e. The summed E-state index contributed by atoms with van der Waals surface area (Å²) in [5.74, 6) is -0.182. The highest BCUT2D eigenvalue weighted by Crippen LogP contribution is 2.25. The minimum atomic E-state index is -0.485. The molecule has 0 saturated carbocycles. The van der Waals surface area contributed by atoms with E-state index >= 15 is 0 Å². The van der Waals surface area contributed by atoms with Gasteiger partial charge in [-0.15, -0.1) is 0 Å². The van der Waals surface area contributed by atoms with Crippen LogP contribution in [-0.4, -0.2) is 11.9 Å². The SMILES string of the molecule is Cc1ccc(C2=N/C(=C\c3ccc(Cl)c(Cl)c3)C(=O)O2)cc1. The average molecular weight is 332 g/mol. The van der Waals surface area contributed by atoms with Crippen molar-refractivity contribution in [1.82, 2.24) is 0 Å². The molecular weight excluding hydrogens is 321 g/mol. The number of cyclic esters (lactones) is 1. The third-order valence-corrected chi connectivity index (χ3v) is 3.91. The van der Waals surface area contributed by atoms with Gasteiger partial charge in [-0.3, -0.25) is 0 Å². The maximum atomic E-state index is 11.9. The van der Waals surface area contributed by atoms with E-state index in [9.17, 15) is 4.79 Å². The summed E-state index contributed by atoms with van der Waals surface area (Å²) in [4.78, 5) is 16.2. The molecule has 0 fully saturated rings. The Hall–Kier alpha value is -2.10. The van der Waals surface area contributed by atoms with Gasteiger partial charge < -0.3 is 4.74 Å². The van der Waals surface area contributed by atoms with E-state index in [1.165, 1.54) is 0 Å². The lowest BCUT2D eigenvalue weighted by molar-refractivity contribution is -0.129. The quantitative estimate of drug-likeness (QED) is 0.593. The Morgan fingerprint density at radius 1 is 1.05 bits per heavy atom. The van der Waals surface area contributed by atoms with Gasteiger partial charge in [-0.05, 0) is 42.8 Å². The summed E-state index contributed by atoms with van der Waals surface area (Å²) in [5.41, 5.74) is 2.85. The van der Waals surface area contributed by atoms with Crippen LogP contribution in [0.2, 0.25) is 10.0 Å². The molecule has 0 bridgehead atoms. The van der Waals surface area contributed by atoms with Crippen LogP contribution in [0.1, 0.15) is 16.7 Å². The normalized spacial score (nSPS) is 15.9. The van der Waals surface area contributed by atoms with Crippen molar-refractivity contribution in [2.75, 3.05) is 0 Å². The zero-order valence-corrected chi connectivity index (χ0v) is 13.2. The third kappa shape index (κ3) is 3.06. The fraction of sp³-hybridized carbons (Fsp3) is 0.0588. The van der Waals surface area contributed by atoms with E-state index < -0.39 is 5.97 Å². The Bertz CT molecular complexity index is 808. The lowest BCUT2D eigenvalue weighted by Gasteiger charge is -1.99. The minimum absolute atomic E-state index is 0.231. The van der Waals surface area contributed by atoms with Gasteiger partial charge in [0.05, 0.1) is 10.0 Å². The van der Waals surface area contributed by atoms with Crippen LogP contribution in [0.15, 0.2) is 53.2 Å². The summed E-state index contributed by atoms with van der Waals surface area (Å²) >= 11 is 11.8. The lowest BCUT2D eigenvalue weighted by atomic mass is 10.1. The van der Waals surface area contributed by atoms with Crippen LogP contribution in [0.3, 0.4) is 0 Å². The van der Waals surface area contributed by atoms with Crippen molar-refractivity contribution in [3.8, 4) is 0 Å². The number of ether oxygens (including phenoxy) is 1. The molecule has 0 amide bonds. The second-order valence-corrected chi connectivity index (χ2v) is 5.69. The fourth-order valence-corrected chi connectivity index (χ4v) is 2.30. The maximum absolute atomic E-state index is 11.9. The summed E-state index contributed by atoms with van der Waals surface area (Å²) in [6.07, 6.45) is 1.62. The van der Waals surface area contributed by atoms with Gasteiger partial charge in [0.15, 0.2) is 5.70 Å². The Kier molecular flexibility index (Phi) is 4.01. The number of halogens is 2. The van der Waals surface area contributed by atoms with Crippen LogP contribution in [0.4, 0.5) is 0 Å². The molecule has 5 heteroatoms. The molecule has 0 saturated heterocycles. The number of benzene rings is 2. The van der Waals surface area contributed by atoms with Crippen molar-refractivity contribution in [2.24, 2.45) is 4.99 Å². The van der Waals surface area contributed by atoms with Crippen LogP contribution in [0.5, 0.6) is 0 Å². The van der Waals surface area contributed by atoms with Crippen LogP contribution >= 0.6 is 23.2 Å². The summed E-state index contributed by atoms with van der Waals surface area (Å²) in [7, 11) is 0. The molecule has 0 N–H and O–H groups in total. The highest BCUT2D eigenvalue weighted by molar-refractivity contribution is 6.42. The first-order valence-corrected chi connectivity index (χ1v) is 7.33. The van der Waals surface area contributed by atoms with Crippen molar-refractivity contribution >= 4 is 41.1 Å². The molecule has 1 aliphatic heterocycles. The van der Waals surface area contributed by atoms with E-state index in [2.05, 4.69) is 4.99 Å². The first-order chi connectivity index (χ1) is 10.5. The predicted octanol–water partition coefficient (Wildman–Crippen LogP) is 4.65. The Morgan fingerprint density at radius 3 is 2.45 bits per heavy atom. The maximum Gasteiger partial charge on any atom is 0.363 e. The number of hydrogen-bond acceptors (Lipinski definition) is 3. The molecule has 0 aromatic heterocycles. The summed E-state index contributed by atoms with van der Waals surface area (Å²) in [6.45, 7) is 1.99. The van der Waals surface area contributed by atoms with E-state index in [1.54, 1.807) is 24.3 Å². The molecular formula is C17H11Cl2NO2. The number of esters is 1.